The fourth-order valence-electron chi connectivity index (χ4n) is 4.06. The van der Waals surface area contributed by atoms with Crippen molar-refractivity contribution in [2.45, 2.75) is 32.4 Å². The van der Waals surface area contributed by atoms with Gasteiger partial charge in [-0.2, -0.15) is 0 Å². The Hall–Kier alpha value is -3.19. The molecule has 6 nitrogen and oxygen atoms in total. The fraction of sp³-hybridized carbons (Fsp3) is 0.360. The van der Waals surface area contributed by atoms with E-state index in [0.717, 1.165) is 42.9 Å². The van der Waals surface area contributed by atoms with Crippen LogP contribution in [-0.2, 0) is 24.4 Å². The summed E-state index contributed by atoms with van der Waals surface area (Å²) in [6.07, 6.45) is 2.16. The van der Waals surface area contributed by atoms with Crippen molar-refractivity contribution >= 4 is 5.91 Å². The van der Waals surface area contributed by atoms with Crippen molar-refractivity contribution < 1.29 is 18.4 Å². The molecule has 7 heteroatoms. The van der Waals surface area contributed by atoms with Gasteiger partial charge in [-0.05, 0) is 67.6 Å². The van der Waals surface area contributed by atoms with Crippen LogP contribution in [0.1, 0.15) is 29.9 Å². The predicted octanol–water partition coefficient (Wildman–Crippen LogP) is 3.87. The Bertz CT molecular complexity index is 991. The number of benzene rings is 2. The zero-order valence-electron chi connectivity index (χ0n) is 17.9. The van der Waals surface area contributed by atoms with E-state index in [0.29, 0.717) is 31.3 Å². The number of carbonyl (C=O) groups is 1. The molecule has 0 spiro atoms. The summed E-state index contributed by atoms with van der Waals surface area (Å²) in [5.74, 6) is 1.77. The average Bonchev–Trinajstić information content (AvgIpc) is 3.27. The van der Waals surface area contributed by atoms with Crippen LogP contribution < -0.4 is 15.4 Å². The van der Waals surface area contributed by atoms with Gasteiger partial charge in [-0.25, -0.2) is 4.39 Å². The van der Waals surface area contributed by atoms with E-state index in [1.54, 1.807) is 12.1 Å². The Labute approximate surface area is 187 Å². The van der Waals surface area contributed by atoms with Crippen LogP contribution in [0.2, 0.25) is 0 Å². The topological polar surface area (TPSA) is 76.4 Å². The van der Waals surface area contributed by atoms with E-state index in [-0.39, 0.29) is 17.6 Å². The smallest absolute Gasteiger partial charge is 0.220 e. The molecule has 1 aliphatic rings. The molecule has 1 aliphatic heterocycles. The summed E-state index contributed by atoms with van der Waals surface area (Å²) in [5.41, 5.74) is 1.76. The third kappa shape index (κ3) is 6.40. The van der Waals surface area contributed by atoms with Gasteiger partial charge in [-0.1, -0.05) is 35.5 Å². The maximum Gasteiger partial charge on any atom is 0.220 e. The van der Waals surface area contributed by atoms with Gasteiger partial charge in [0.25, 0.3) is 0 Å². The zero-order chi connectivity index (χ0) is 22.2. The minimum absolute atomic E-state index is 0.0170. The number of hydrogen-bond donors (Lipinski definition) is 2. The SMILES string of the molecule is O=C(C[C@@H]1CCNC[C@H]1Cc1cc(COc2ccccc2)on1)NCc1ccc(F)cc1. The number of rotatable bonds is 9. The van der Waals surface area contributed by atoms with Crippen molar-refractivity contribution in [3.8, 4) is 5.75 Å². The maximum atomic E-state index is 13.0. The summed E-state index contributed by atoms with van der Waals surface area (Å²) >= 11 is 0. The standard InChI is InChI=1S/C25H28FN3O3/c26-21-8-6-18(7-9-21)15-28-25(30)13-19-10-11-27-16-20(19)12-22-14-24(32-29-22)17-31-23-4-2-1-3-5-23/h1-9,14,19-20,27H,10-13,15-17H2,(H,28,30)/t19-,20+/m0/s1. The van der Waals surface area contributed by atoms with Gasteiger partial charge in [0.15, 0.2) is 5.76 Å². The summed E-state index contributed by atoms with van der Waals surface area (Å²) < 4.78 is 24.2. The van der Waals surface area contributed by atoms with Crippen LogP contribution >= 0.6 is 0 Å². The van der Waals surface area contributed by atoms with Crippen molar-refractivity contribution in [1.82, 2.24) is 15.8 Å². The molecule has 1 aromatic heterocycles. The van der Waals surface area contributed by atoms with Crippen LogP contribution in [0.25, 0.3) is 0 Å². The lowest BCUT2D eigenvalue weighted by molar-refractivity contribution is -0.122. The number of nitrogens with zero attached hydrogens (tertiary/aromatic N) is 1. The summed E-state index contributed by atoms with van der Waals surface area (Å²) in [7, 11) is 0. The third-order valence-corrected chi connectivity index (χ3v) is 5.82. The number of nitrogens with one attached hydrogen (secondary N) is 2. The highest BCUT2D eigenvalue weighted by atomic mass is 19.1. The van der Waals surface area contributed by atoms with Gasteiger partial charge in [-0.3, -0.25) is 4.79 Å². The molecule has 0 unspecified atom stereocenters. The number of piperidine rings is 1. The van der Waals surface area contributed by atoms with Crippen LogP contribution in [0.4, 0.5) is 4.39 Å². The van der Waals surface area contributed by atoms with Crippen molar-refractivity contribution in [1.29, 1.82) is 0 Å². The molecule has 0 aliphatic carbocycles. The quantitative estimate of drug-likeness (QED) is 0.532. The molecule has 168 valence electrons. The van der Waals surface area contributed by atoms with E-state index in [1.165, 1.54) is 12.1 Å². The number of para-hydroxylation sites is 1. The summed E-state index contributed by atoms with van der Waals surface area (Å²) in [5, 5.41) is 10.6. The van der Waals surface area contributed by atoms with Crippen molar-refractivity contribution in [3.63, 3.8) is 0 Å². The molecule has 2 aromatic carbocycles. The minimum atomic E-state index is -0.278. The molecule has 32 heavy (non-hydrogen) atoms. The molecule has 2 atom stereocenters. The number of amides is 1. The number of hydrogen-bond acceptors (Lipinski definition) is 5. The normalized spacial score (nSPS) is 18.3. The van der Waals surface area contributed by atoms with Crippen molar-refractivity contribution in [2.24, 2.45) is 11.8 Å². The first-order chi connectivity index (χ1) is 15.7. The molecule has 0 saturated carbocycles. The van der Waals surface area contributed by atoms with Gasteiger partial charge in [0, 0.05) is 19.0 Å². The minimum Gasteiger partial charge on any atom is -0.486 e. The summed E-state index contributed by atoms with van der Waals surface area (Å²) in [6, 6.07) is 17.7. The summed E-state index contributed by atoms with van der Waals surface area (Å²) in [6.45, 7) is 2.48. The second-order valence-electron chi connectivity index (χ2n) is 8.21. The highest BCUT2D eigenvalue weighted by Crippen LogP contribution is 2.26. The molecule has 4 rings (SSSR count). The lowest BCUT2D eigenvalue weighted by atomic mass is 9.81. The zero-order valence-corrected chi connectivity index (χ0v) is 17.9. The third-order valence-electron chi connectivity index (χ3n) is 5.82. The van der Waals surface area contributed by atoms with Crippen molar-refractivity contribution in [2.75, 3.05) is 13.1 Å². The van der Waals surface area contributed by atoms with Gasteiger partial charge in [0.1, 0.15) is 18.2 Å². The second-order valence-corrected chi connectivity index (χ2v) is 8.21. The monoisotopic (exact) mass is 437 g/mol. The van der Waals surface area contributed by atoms with Crippen LogP contribution in [0.15, 0.2) is 65.2 Å². The Kier molecular flexibility index (Phi) is 7.51. The highest BCUT2D eigenvalue weighted by Gasteiger charge is 2.28. The molecular weight excluding hydrogens is 409 g/mol. The van der Waals surface area contributed by atoms with E-state index in [4.69, 9.17) is 9.26 Å². The largest absolute Gasteiger partial charge is 0.486 e. The van der Waals surface area contributed by atoms with Crippen LogP contribution in [0.3, 0.4) is 0 Å². The van der Waals surface area contributed by atoms with Crippen molar-refractivity contribution in [3.05, 3.63) is 83.5 Å². The van der Waals surface area contributed by atoms with E-state index in [1.807, 2.05) is 36.4 Å². The highest BCUT2D eigenvalue weighted by molar-refractivity contribution is 5.76. The number of aromatic nitrogens is 1. The van der Waals surface area contributed by atoms with Gasteiger partial charge in [-0.15, -0.1) is 0 Å². The first-order valence-corrected chi connectivity index (χ1v) is 11.0. The Balaban J connectivity index is 1.27. The first kappa shape index (κ1) is 22.0. The number of carbonyl (C=O) groups excluding carboxylic acids is 1. The van der Waals surface area contributed by atoms with Gasteiger partial charge >= 0.3 is 0 Å². The average molecular weight is 438 g/mol. The lowest BCUT2D eigenvalue weighted by Gasteiger charge is -2.31. The van der Waals surface area contributed by atoms with E-state index < -0.39 is 0 Å². The second kappa shape index (κ2) is 10.9. The molecule has 3 aromatic rings. The molecule has 1 amide bonds. The Morgan fingerprint density at radius 2 is 1.97 bits per heavy atom. The van der Waals surface area contributed by atoms with E-state index in [2.05, 4.69) is 15.8 Å². The van der Waals surface area contributed by atoms with Gasteiger partial charge in [0.2, 0.25) is 5.91 Å². The predicted molar refractivity (Wildman–Crippen MR) is 118 cm³/mol. The van der Waals surface area contributed by atoms with Crippen LogP contribution in [0.5, 0.6) is 5.75 Å². The van der Waals surface area contributed by atoms with E-state index >= 15 is 0 Å². The molecule has 0 radical (unpaired) electrons. The Morgan fingerprint density at radius 3 is 2.78 bits per heavy atom. The van der Waals surface area contributed by atoms with E-state index in [9.17, 15) is 9.18 Å². The first-order valence-electron chi connectivity index (χ1n) is 11.0. The number of ether oxygens (including phenoxy) is 1. The van der Waals surface area contributed by atoms with Crippen LogP contribution in [-0.4, -0.2) is 24.2 Å². The number of halogens is 1. The molecule has 1 fully saturated rings. The molecule has 1 saturated heterocycles. The maximum absolute atomic E-state index is 13.0. The molecule has 2 N–H and O–H groups in total. The Morgan fingerprint density at radius 1 is 1.16 bits per heavy atom. The molecule has 2 heterocycles. The molecule has 0 bridgehead atoms. The summed E-state index contributed by atoms with van der Waals surface area (Å²) in [4.78, 5) is 12.5. The van der Waals surface area contributed by atoms with Gasteiger partial charge < -0.3 is 19.9 Å². The fourth-order valence-corrected chi connectivity index (χ4v) is 4.06. The lowest BCUT2D eigenvalue weighted by Crippen LogP contribution is -2.40. The van der Waals surface area contributed by atoms with Gasteiger partial charge in [0.05, 0.1) is 5.69 Å². The van der Waals surface area contributed by atoms with Crippen LogP contribution in [0, 0.1) is 17.7 Å². The molecular formula is C25H28FN3O3.